The molecular weight excluding hydrogens is 284 g/mol. The summed E-state index contributed by atoms with van der Waals surface area (Å²) in [5, 5.41) is -0.152. The molecule has 15 heavy (non-hydrogen) atoms. The molecule has 1 heterocycles. The lowest BCUT2D eigenvalue weighted by molar-refractivity contribution is -0.117. The fourth-order valence-corrected chi connectivity index (χ4v) is 2.20. The Morgan fingerprint density at radius 1 is 1.53 bits per heavy atom. The van der Waals surface area contributed by atoms with Gasteiger partial charge in [-0.15, -0.1) is 11.6 Å². The molecule has 1 aliphatic heterocycles. The summed E-state index contributed by atoms with van der Waals surface area (Å²) in [6.07, 6.45) is 0.344. The number of hydrogen-bond acceptors (Lipinski definition) is 1. The van der Waals surface area contributed by atoms with Crippen molar-refractivity contribution in [3.8, 4) is 0 Å². The Bertz CT molecular complexity index is 412. The molecule has 1 saturated heterocycles. The number of benzene rings is 1. The zero-order valence-corrected chi connectivity index (χ0v) is 10.1. The van der Waals surface area contributed by atoms with Crippen LogP contribution in [0.5, 0.6) is 0 Å². The van der Waals surface area contributed by atoms with Crippen molar-refractivity contribution in [2.45, 2.75) is 11.8 Å². The van der Waals surface area contributed by atoms with Crippen LogP contribution in [-0.4, -0.2) is 17.8 Å². The molecule has 80 valence electrons. The van der Waals surface area contributed by atoms with Gasteiger partial charge >= 0.3 is 0 Å². The number of rotatable bonds is 1. The monoisotopic (exact) mass is 291 g/mol. The minimum atomic E-state index is -0.340. The van der Waals surface area contributed by atoms with E-state index in [2.05, 4.69) is 15.9 Å². The van der Waals surface area contributed by atoms with E-state index in [1.54, 1.807) is 17.0 Å². The normalized spacial score (nSPS) is 21.1. The molecule has 1 fully saturated rings. The summed E-state index contributed by atoms with van der Waals surface area (Å²) in [5.41, 5.74) is 0.677. The van der Waals surface area contributed by atoms with E-state index in [1.807, 2.05) is 0 Å². The van der Waals surface area contributed by atoms with Gasteiger partial charge in [0.1, 0.15) is 5.82 Å². The first-order valence-corrected chi connectivity index (χ1v) is 5.70. The van der Waals surface area contributed by atoms with Gasteiger partial charge in [0.15, 0.2) is 0 Å². The molecule has 2 nitrogen and oxygen atoms in total. The number of halogens is 3. The topological polar surface area (TPSA) is 20.3 Å². The van der Waals surface area contributed by atoms with Crippen LogP contribution in [0.25, 0.3) is 0 Å². The predicted molar refractivity (Wildman–Crippen MR) is 60.7 cm³/mol. The molecule has 0 spiro atoms. The Morgan fingerprint density at radius 2 is 2.27 bits per heavy atom. The Morgan fingerprint density at radius 3 is 2.80 bits per heavy atom. The predicted octanol–water partition coefficient (Wildman–Crippen LogP) is 2.93. The van der Waals surface area contributed by atoms with E-state index in [4.69, 9.17) is 11.6 Å². The van der Waals surface area contributed by atoms with Crippen molar-refractivity contribution in [2.75, 3.05) is 11.4 Å². The van der Waals surface area contributed by atoms with Crippen LogP contribution in [0.15, 0.2) is 22.7 Å². The van der Waals surface area contributed by atoms with E-state index in [1.165, 1.54) is 6.07 Å². The first kappa shape index (κ1) is 10.9. The van der Waals surface area contributed by atoms with Gasteiger partial charge in [0.2, 0.25) is 5.91 Å². The molecule has 1 aromatic rings. The van der Waals surface area contributed by atoms with Crippen LogP contribution in [0.3, 0.4) is 0 Å². The highest BCUT2D eigenvalue weighted by Crippen LogP contribution is 2.27. The number of anilines is 1. The van der Waals surface area contributed by atoms with Crippen molar-refractivity contribution in [1.82, 2.24) is 0 Å². The van der Waals surface area contributed by atoms with Crippen molar-refractivity contribution in [1.29, 1.82) is 0 Å². The summed E-state index contributed by atoms with van der Waals surface area (Å²) in [6, 6.07) is 4.49. The van der Waals surface area contributed by atoms with E-state index in [-0.39, 0.29) is 17.1 Å². The minimum Gasteiger partial charge on any atom is -0.311 e. The third kappa shape index (κ3) is 2.16. The molecule has 0 radical (unpaired) electrons. The maximum atomic E-state index is 13.0. The van der Waals surface area contributed by atoms with Crippen molar-refractivity contribution in [3.05, 3.63) is 28.5 Å². The minimum absolute atomic E-state index is 0.0199. The summed E-state index contributed by atoms with van der Waals surface area (Å²) in [7, 11) is 0. The molecule has 0 aliphatic carbocycles. The number of nitrogens with zero attached hydrogens (tertiary/aromatic N) is 1. The summed E-state index contributed by atoms with van der Waals surface area (Å²) in [6.45, 7) is 0.485. The van der Waals surface area contributed by atoms with Gasteiger partial charge in [-0.05, 0) is 34.1 Å². The molecule has 5 heteroatoms. The number of amides is 1. The van der Waals surface area contributed by atoms with Gasteiger partial charge in [-0.3, -0.25) is 4.79 Å². The van der Waals surface area contributed by atoms with Crippen LogP contribution in [-0.2, 0) is 4.79 Å². The first-order chi connectivity index (χ1) is 7.08. The summed E-state index contributed by atoms with van der Waals surface area (Å²) in [5.74, 6) is -0.360. The lowest BCUT2D eigenvalue weighted by Crippen LogP contribution is -2.24. The second-order valence-corrected chi connectivity index (χ2v) is 4.88. The summed E-state index contributed by atoms with van der Waals surface area (Å²) in [4.78, 5) is 13.1. The van der Waals surface area contributed by atoms with Gasteiger partial charge in [0.05, 0.1) is 9.85 Å². The van der Waals surface area contributed by atoms with E-state index in [0.29, 0.717) is 23.1 Å². The van der Waals surface area contributed by atoms with Gasteiger partial charge in [-0.2, -0.15) is 0 Å². The van der Waals surface area contributed by atoms with Crippen molar-refractivity contribution in [3.63, 3.8) is 0 Å². The van der Waals surface area contributed by atoms with Gasteiger partial charge < -0.3 is 4.90 Å². The van der Waals surface area contributed by atoms with Gasteiger partial charge in [-0.25, -0.2) is 4.39 Å². The molecule has 1 amide bonds. The summed E-state index contributed by atoms with van der Waals surface area (Å²) < 4.78 is 13.3. The number of alkyl halides is 1. The molecule has 0 N–H and O–H groups in total. The van der Waals surface area contributed by atoms with Crippen LogP contribution < -0.4 is 4.90 Å². The lowest BCUT2D eigenvalue weighted by atomic mass is 10.3. The Labute approximate surface area is 100 Å². The third-order valence-electron chi connectivity index (χ3n) is 2.29. The number of carbonyl (C=O) groups excluding carboxylic acids is 1. The molecule has 0 aromatic heterocycles. The van der Waals surface area contributed by atoms with Gasteiger partial charge in [0, 0.05) is 18.7 Å². The molecule has 0 saturated carbocycles. The third-order valence-corrected chi connectivity index (χ3v) is 3.19. The van der Waals surface area contributed by atoms with Crippen LogP contribution >= 0.6 is 27.5 Å². The van der Waals surface area contributed by atoms with E-state index < -0.39 is 0 Å². The zero-order chi connectivity index (χ0) is 11.0. The van der Waals surface area contributed by atoms with Crippen LogP contribution in [0.4, 0.5) is 10.1 Å². The average molecular weight is 293 g/mol. The van der Waals surface area contributed by atoms with E-state index >= 15 is 0 Å². The van der Waals surface area contributed by atoms with Gasteiger partial charge in [0.25, 0.3) is 0 Å². The largest absolute Gasteiger partial charge is 0.311 e. The van der Waals surface area contributed by atoms with Crippen LogP contribution in [0.2, 0.25) is 0 Å². The number of hydrogen-bond donors (Lipinski definition) is 0. The molecule has 1 aliphatic rings. The highest BCUT2D eigenvalue weighted by atomic mass is 79.9. The number of carbonyl (C=O) groups is 1. The molecule has 1 unspecified atom stereocenters. The van der Waals surface area contributed by atoms with Crippen LogP contribution in [0, 0.1) is 5.82 Å². The highest BCUT2D eigenvalue weighted by molar-refractivity contribution is 9.10. The average Bonchev–Trinajstić information content (AvgIpc) is 2.50. The van der Waals surface area contributed by atoms with Gasteiger partial charge in [-0.1, -0.05) is 0 Å². The van der Waals surface area contributed by atoms with Crippen molar-refractivity contribution in [2.24, 2.45) is 0 Å². The van der Waals surface area contributed by atoms with E-state index in [0.717, 1.165) is 0 Å². The second kappa shape index (κ2) is 4.10. The fraction of sp³-hybridized carbons (Fsp3) is 0.300. The molecule has 0 bridgehead atoms. The Kier molecular flexibility index (Phi) is 2.98. The molecule has 1 aromatic carbocycles. The zero-order valence-electron chi connectivity index (χ0n) is 7.71. The first-order valence-electron chi connectivity index (χ1n) is 4.47. The van der Waals surface area contributed by atoms with Crippen molar-refractivity contribution >= 4 is 39.1 Å². The molecule has 2 rings (SSSR count). The highest BCUT2D eigenvalue weighted by Gasteiger charge is 2.29. The quantitative estimate of drug-likeness (QED) is 0.729. The Balaban J connectivity index is 2.30. The maximum absolute atomic E-state index is 13.0. The SMILES string of the molecule is O=C1CC(Cl)CN1c1ccc(F)c(Br)c1. The Hall–Kier alpha value is -0.610. The van der Waals surface area contributed by atoms with Crippen molar-refractivity contribution < 1.29 is 9.18 Å². The standard InChI is InChI=1S/C10H8BrClFNO/c11-8-4-7(1-2-9(8)13)14-5-6(12)3-10(14)15/h1-2,4,6H,3,5H2. The second-order valence-electron chi connectivity index (χ2n) is 3.40. The molecular formula is C10H8BrClFNO. The summed E-state index contributed by atoms with van der Waals surface area (Å²) >= 11 is 8.96. The molecule has 1 atom stereocenters. The maximum Gasteiger partial charge on any atom is 0.228 e. The van der Waals surface area contributed by atoms with Crippen LogP contribution in [0.1, 0.15) is 6.42 Å². The van der Waals surface area contributed by atoms with E-state index in [9.17, 15) is 9.18 Å². The lowest BCUT2D eigenvalue weighted by Gasteiger charge is -2.16. The fourth-order valence-electron chi connectivity index (χ4n) is 1.57. The smallest absolute Gasteiger partial charge is 0.228 e.